The highest BCUT2D eigenvalue weighted by atomic mass is 16.5. The van der Waals surface area contributed by atoms with Crippen LogP contribution in [-0.4, -0.2) is 24.2 Å². The lowest BCUT2D eigenvalue weighted by molar-refractivity contribution is 0.355. The maximum absolute atomic E-state index is 11.2. The molecule has 0 fully saturated rings. The first-order valence-electron chi connectivity index (χ1n) is 5.45. The smallest absolute Gasteiger partial charge is 0.327 e. The third kappa shape index (κ3) is 2.95. The van der Waals surface area contributed by atoms with Crippen molar-refractivity contribution < 1.29 is 9.47 Å². The maximum Gasteiger partial charge on any atom is 0.327 e. The van der Waals surface area contributed by atoms with Crippen molar-refractivity contribution >= 4 is 11.5 Å². The van der Waals surface area contributed by atoms with E-state index in [9.17, 15) is 9.59 Å². The highest BCUT2D eigenvalue weighted by Crippen LogP contribution is 2.30. The summed E-state index contributed by atoms with van der Waals surface area (Å²) in [5, 5.41) is 2.90. The van der Waals surface area contributed by atoms with Crippen LogP contribution in [0, 0.1) is 0 Å². The van der Waals surface area contributed by atoms with Gasteiger partial charge in [0.15, 0.2) is 11.5 Å². The van der Waals surface area contributed by atoms with E-state index in [0.29, 0.717) is 23.0 Å². The van der Waals surface area contributed by atoms with E-state index in [0.717, 1.165) is 0 Å². The topological polar surface area (TPSA) is 96.2 Å². The number of nitrogens with one attached hydrogen (secondary N) is 3. The Morgan fingerprint density at radius 1 is 1.00 bits per heavy atom. The zero-order valence-corrected chi connectivity index (χ0v) is 10.4. The van der Waals surface area contributed by atoms with Crippen LogP contribution in [0.2, 0.25) is 0 Å². The number of hydrogen-bond donors (Lipinski definition) is 3. The fourth-order valence-electron chi connectivity index (χ4n) is 1.61. The molecule has 3 N–H and O–H groups in total. The van der Waals surface area contributed by atoms with Gasteiger partial charge < -0.3 is 14.8 Å². The minimum atomic E-state index is -0.574. The summed E-state index contributed by atoms with van der Waals surface area (Å²) in [4.78, 5) is 26.8. The second-order valence-corrected chi connectivity index (χ2v) is 3.70. The van der Waals surface area contributed by atoms with Gasteiger partial charge in [0.1, 0.15) is 5.82 Å². The Balaban J connectivity index is 2.33. The van der Waals surface area contributed by atoms with Crippen LogP contribution in [0.5, 0.6) is 11.5 Å². The molecule has 1 aromatic carbocycles. The molecule has 0 saturated carbocycles. The van der Waals surface area contributed by atoms with E-state index in [-0.39, 0.29) is 0 Å². The molecule has 0 aliphatic carbocycles. The molecule has 1 heterocycles. The van der Waals surface area contributed by atoms with Crippen molar-refractivity contribution in [1.82, 2.24) is 9.97 Å². The number of methoxy groups -OCH3 is 2. The van der Waals surface area contributed by atoms with Gasteiger partial charge in [-0.05, 0) is 12.1 Å². The fraction of sp³-hybridized carbons (Fsp3) is 0.167. The largest absolute Gasteiger partial charge is 0.493 e. The molecule has 19 heavy (non-hydrogen) atoms. The van der Waals surface area contributed by atoms with Gasteiger partial charge in [-0.1, -0.05) is 0 Å². The SMILES string of the molecule is COc1ccc(Nc2cc(=O)[nH]c(=O)[nH]2)cc1OC. The molecule has 0 radical (unpaired) electrons. The summed E-state index contributed by atoms with van der Waals surface area (Å²) in [6, 6.07) is 6.39. The third-order valence-electron chi connectivity index (χ3n) is 2.42. The second-order valence-electron chi connectivity index (χ2n) is 3.70. The minimum absolute atomic E-state index is 0.293. The predicted octanol–water partition coefficient (Wildman–Crippen LogP) is 0.824. The van der Waals surface area contributed by atoms with Gasteiger partial charge in [-0.2, -0.15) is 0 Å². The van der Waals surface area contributed by atoms with Gasteiger partial charge in [-0.15, -0.1) is 0 Å². The van der Waals surface area contributed by atoms with E-state index in [1.807, 2.05) is 0 Å². The molecule has 100 valence electrons. The summed E-state index contributed by atoms with van der Waals surface area (Å²) < 4.78 is 10.3. The molecule has 0 bridgehead atoms. The van der Waals surface area contributed by atoms with Crippen LogP contribution in [0.25, 0.3) is 0 Å². The van der Waals surface area contributed by atoms with Crippen molar-refractivity contribution in [2.75, 3.05) is 19.5 Å². The first-order chi connectivity index (χ1) is 9.12. The highest BCUT2D eigenvalue weighted by molar-refractivity contribution is 5.61. The molecule has 0 aliphatic rings. The van der Waals surface area contributed by atoms with Crippen LogP contribution in [0.3, 0.4) is 0 Å². The third-order valence-corrected chi connectivity index (χ3v) is 2.42. The lowest BCUT2D eigenvalue weighted by Gasteiger charge is -2.10. The molecule has 7 heteroatoms. The molecular formula is C12H13N3O4. The van der Waals surface area contributed by atoms with E-state index in [1.165, 1.54) is 13.2 Å². The Morgan fingerprint density at radius 2 is 1.74 bits per heavy atom. The van der Waals surface area contributed by atoms with Gasteiger partial charge in [-0.3, -0.25) is 14.8 Å². The lowest BCUT2D eigenvalue weighted by Crippen LogP contribution is -2.22. The second kappa shape index (κ2) is 5.30. The number of aromatic amines is 2. The number of aromatic nitrogens is 2. The molecular weight excluding hydrogens is 250 g/mol. The van der Waals surface area contributed by atoms with Crippen molar-refractivity contribution in [2.45, 2.75) is 0 Å². The molecule has 0 atom stereocenters. The van der Waals surface area contributed by atoms with Crippen LogP contribution in [-0.2, 0) is 0 Å². The van der Waals surface area contributed by atoms with Gasteiger partial charge in [0, 0.05) is 17.8 Å². The average molecular weight is 263 g/mol. The van der Waals surface area contributed by atoms with Crippen LogP contribution in [0.4, 0.5) is 11.5 Å². The maximum atomic E-state index is 11.2. The summed E-state index contributed by atoms with van der Waals surface area (Å²) in [5.41, 5.74) is -0.402. The zero-order chi connectivity index (χ0) is 13.8. The Hall–Kier alpha value is -2.70. The Bertz CT molecular complexity index is 662. The van der Waals surface area contributed by atoms with Crippen LogP contribution >= 0.6 is 0 Å². The number of rotatable bonds is 4. The molecule has 0 unspecified atom stereocenters. The minimum Gasteiger partial charge on any atom is -0.493 e. The summed E-state index contributed by atoms with van der Waals surface area (Å²) in [6.45, 7) is 0. The van der Waals surface area contributed by atoms with Gasteiger partial charge in [-0.25, -0.2) is 4.79 Å². The first-order valence-corrected chi connectivity index (χ1v) is 5.45. The Labute approximate surface area is 108 Å². The van der Waals surface area contributed by atoms with Gasteiger partial charge in [0.2, 0.25) is 0 Å². The number of H-pyrrole nitrogens is 2. The fourth-order valence-corrected chi connectivity index (χ4v) is 1.61. The molecule has 1 aromatic heterocycles. The Kier molecular flexibility index (Phi) is 3.56. The van der Waals surface area contributed by atoms with Crippen molar-refractivity contribution in [3.8, 4) is 11.5 Å². The van der Waals surface area contributed by atoms with E-state index in [4.69, 9.17) is 9.47 Å². The normalized spacial score (nSPS) is 10.0. The zero-order valence-electron chi connectivity index (χ0n) is 10.4. The monoisotopic (exact) mass is 263 g/mol. The molecule has 0 saturated heterocycles. The first kappa shape index (κ1) is 12.7. The number of benzene rings is 1. The van der Waals surface area contributed by atoms with Crippen LogP contribution in [0.15, 0.2) is 33.9 Å². The summed E-state index contributed by atoms with van der Waals surface area (Å²) in [6.07, 6.45) is 0. The summed E-state index contributed by atoms with van der Waals surface area (Å²) in [7, 11) is 3.07. The summed E-state index contributed by atoms with van der Waals surface area (Å²) in [5.74, 6) is 1.42. The molecule has 2 rings (SSSR count). The van der Waals surface area contributed by atoms with Crippen molar-refractivity contribution in [2.24, 2.45) is 0 Å². The van der Waals surface area contributed by atoms with Crippen LogP contribution in [0.1, 0.15) is 0 Å². The van der Waals surface area contributed by atoms with E-state index < -0.39 is 11.2 Å². The summed E-state index contributed by atoms with van der Waals surface area (Å²) >= 11 is 0. The molecule has 0 aliphatic heterocycles. The van der Waals surface area contributed by atoms with E-state index in [2.05, 4.69) is 15.3 Å². The number of hydrogen-bond acceptors (Lipinski definition) is 5. The molecule has 0 amide bonds. The average Bonchev–Trinajstić information content (AvgIpc) is 2.37. The standard InChI is InChI=1S/C12H13N3O4/c1-18-8-4-3-7(5-9(8)19-2)13-10-6-11(16)15-12(17)14-10/h3-6H,1-2H3,(H3,13,14,15,16,17). The molecule has 7 nitrogen and oxygen atoms in total. The predicted molar refractivity (Wildman–Crippen MR) is 70.5 cm³/mol. The Morgan fingerprint density at radius 3 is 2.37 bits per heavy atom. The van der Waals surface area contributed by atoms with Gasteiger partial charge in [0.05, 0.1) is 14.2 Å². The lowest BCUT2D eigenvalue weighted by atomic mass is 10.2. The van der Waals surface area contributed by atoms with Gasteiger partial charge >= 0.3 is 5.69 Å². The van der Waals surface area contributed by atoms with Crippen molar-refractivity contribution in [1.29, 1.82) is 0 Å². The number of anilines is 2. The van der Waals surface area contributed by atoms with E-state index in [1.54, 1.807) is 25.3 Å². The van der Waals surface area contributed by atoms with Gasteiger partial charge in [0.25, 0.3) is 5.56 Å². The van der Waals surface area contributed by atoms with Crippen LogP contribution < -0.4 is 26.0 Å². The molecule has 0 spiro atoms. The van der Waals surface area contributed by atoms with E-state index >= 15 is 0 Å². The quantitative estimate of drug-likeness (QED) is 0.759. The highest BCUT2D eigenvalue weighted by Gasteiger charge is 2.05. The number of ether oxygens (including phenoxy) is 2. The molecule has 2 aromatic rings. The van der Waals surface area contributed by atoms with Crippen molar-refractivity contribution in [3.63, 3.8) is 0 Å². The van der Waals surface area contributed by atoms with Crippen molar-refractivity contribution in [3.05, 3.63) is 45.1 Å².